The highest BCUT2D eigenvalue weighted by Crippen LogP contribution is 2.09. The van der Waals surface area contributed by atoms with Crippen molar-refractivity contribution in [1.29, 1.82) is 0 Å². The molecule has 0 aliphatic heterocycles. The normalized spacial score (nSPS) is 12.0. The summed E-state index contributed by atoms with van der Waals surface area (Å²) in [5.74, 6) is 0. The maximum absolute atomic E-state index is 5.61. The van der Waals surface area contributed by atoms with Gasteiger partial charge in [-0.2, -0.15) is 0 Å². The first-order chi connectivity index (χ1) is 5.56. The molecule has 0 aliphatic carbocycles. The van der Waals surface area contributed by atoms with E-state index in [2.05, 4.69) is 31.0 Å². The molecular formula is C10H23OSi. The summed E-state index contributed by atoms with van der Waals surface area (Å²) in [5, 5.41) is 0. The summed E-state index contributed by atoms with van der Waals surface area (Å²) in [4.78, 5) is 0. The van der Waals surface area contributed by atoms with Crippen LogP contribution in [0.2, 0.25) is 6.04 Å². The van der Waals surface area contributed by atoms with Crippen LogP contribution in [0.5, 0.6) is 0 Å². The van der Waals surface area contributed by atoms with Crippen molar-refractivity contribution >= 4 is 10.2 Å². The highest BCUT2D eigenvalue weighted by atomic mass is 28.1. The van der Waals surface area contributed by atoms with Crippen molar-refractivity contribution in [3.8, 4) is 0 Å². The lowest BCUT2D eigenvalue weighted by atomic mass is 10.2. The standard InChI is InChI=1S/C10H23OSi/c1-10(2,3)11-8-6-4-5-7-9-12/h4-9,12H2,1-3H3. The van der Waals surface area contributed by atoms with Gasteiger partial charge in [0, 0.05) is 16.8 Å². The molecule has 73 valence electrons. The van der Waals surface area contributed by atoms with E-state index in [1.807, 2.05) is 0 Å². The van der Waals surface area contributed by atoms with E-state index in [-0.39, 0.29) is 5.60 Å². The van der Waals surface area contributed by atoms with E-state index in [0.717, 1.165) is 6.61 Å². The third-order valence-corrected chi connectivity index (χ3v) is 2.18. The Morgan fingerprint density at radius 1 is 1.00 bits per heavy atom. The summed E-state index contributed by atoms with van der Waals surface area (Å²) >= 11 is 0. The van der Waals surface area contributed by atoms with Crippen molar-refractivity contribution in [2.24, 2.45) is 0 Å². The van der Waals surface area contributed by atoms with Gasteiger partial charge in [0.1, 0.15) is 0 Å². The number of rotatable bonds is 6. The Labute approximate surface area is 80.3 Å². The molecule has 0 atom stereocenters. The Kier molecular flexibility index (Phi) is 6.77. The second kappa shape index (κ2) is 6.67. The van der Waals surface area contributed by atoms with E-state index in [9.17, 15) is 0 Å². The highest BCUT2D eigenvalue weighted by molar-refractivity contribution is 6.08. The monoisotopic (exact) mass is 187 g/mol. The molecule has 1 radical (unpaired) electrons. The van der Waals surface area contributed by atoms with Crippen LogP contribution in [0, 0.1) is 0 Å². The average molecular weight is 187 g/mol. The molecule has 2 heteroatoms. The lowest BCUT2D eigenvalue weighted by Gasteiger charge is -2.19. The van der Waals surface area contributed by atoms with Crippen LogP contribution in [0.3, 0.4) is 0 Å². The fraction of sp³-hybridized carbons (Fsp3) is 1.00. The molecule has 0 aromatic rings. The van der Waals surface area contributed by atoms with Crippen molar-refractivity contribution in [1.82, 2.24) is 0 Å². The van der Waals surface area contributed by atoms with Gasteiger partial charge in [0.25, 0.3) is 0 Å². The van der Waals surface area contributed by atoms with Crippen LogP contribution in [0.25, 0.3) is 0 Å². The van der Waals surface area contributed by atoms with Crippen molar-refractivity contribution < 1.29 is 4.74 Å². The SMILES string of the molecule is CC(C)(C)OCCCCCC[SiH2]. The van der Waals surface area contributed by atoms with Crippen molar-refractivity contribution in [2.45, 2.75) is 58.1 Å². The predicted molar refractivity (Wildman–Crippen MR) is 57.5 cm³/mol. The number of unbranched alkanes of at least 4 members (excludes halogenated alkanes) is 3. The van der Waals surface area contributed by atoms with Gasteiger partial charge in [-0.15, -0.1) is 0 Å². The van der Waals surface area contributed by atoms with Gasteiger partial charge in [0.2, 0.25) is 0 Å². The van der Waals surface area contributed by atoms with E-state index in [0.29, 0.717) is 0 Å². The molecule has 1 nitrogen and oxygen atoms in total. The third kappa shape index (κ3) is 10.2. The molecular weight excluding hydrogens is 164 g/mol. The fourth-order valence-corrected chi connectivity index (χ4v) is 1.36. The first kappa shape index (κ1) is 12.2. The van der Waals surface area contributed by atoms with Crippen LogP contribution in [-0.2, 0) is 4.74 Å². The molecule has 0 saturated carbocycles. The van der Waals surface area contributed by atoms with Crippen molar-refractivity contribution in [3.63, 3.8) is 0 Å². The van der Waals surface area contributed by atoms with Crippen LogP contribution < -0.4 is 0 Å². The topological polar surface area (TPSA) is 9.23 Å². The molecule has 0 aromatic carbocycles. The lowest BCUT2D eigenvalue weighted by molar-refractivity contribution is -0.00471. The maximum Gasteiger partial charge on any atom is 0.0598 e. The van der Waals surface area contributed by atoms with Crippen LogP contribution >= 0.6 is 0 Å². The fourth-order valence-electron chi connectivity index (χ4n) is 1.01. The Hall–Kier alpha value is 0.177. The van der Waals surface area contributed by atoms with Crippen molar-refractivity contribution in [2.75, 3.05) is 6.61 Å². The van der Waals surface area contributed by atoms with E-state index < -0.39 is 0 Å². The van der Waals surface area contributed by atoms with Gasteiger partial charge in [0.05, 0.1) is 5.60 Å². The van der Waals surface area contributed by atoms with Gasteiger partial charge in [-0.25, -0.2) is 0 Å². The molecule has 0 aromatic heterocycles. The highest BCUT2D eigenvalue weighted by Gasteiger charge is 2.08. The van der Waals surface area contributed by atoms with Crippen molar-refractivity contribution in [3.05, 3.63) is 0 Å². The molecule has 0 amide bonds. The molecule has 0 fully saturated rings. The predicted octanol–water partition coefficient (Wildman–Crippen LogP) is 2.41. The van der Waals surface area contributed by atoms with Gasteiger partial charge in [-0.05, 0) is 27.2 Å². The lowest BCUT2D eigenvalue weighted by Crippen LogP contribution is -2.19. The summed E-state index contributed by atoms with van der Waals surface area (Å²) in [5.41, 5.74) is 0.0478. The smallest absolute Gasteiger partial charge is 0.0598 e. The molecule has 0 rings (SSSR count). The molecule has 0 saturated heterocycles. The molecule has 0 unspecified atom stereocenters. The molecule has 0 N–H and O–H groups in total. The minimum absolute atomic E-state index is 0.0478. The van der Waals surface area contributed by atoms with Crippen LogP contribution in [0.4, 0.5) is 0 Å². The Balaban J connectivity index is 3.01. The first-order valence-corrected chi connectivity index (χ1v) is 5.99. The van der Waals surface area contributed by atoms with Gasteiger partial charge in [-0.3, -0.25) is 0 Å². The zero-order valence-electron chi connectivity index (χ0n) is 8.86. The zero-order valence-corrected chi connectivity index (χ0v) is 10.3. The maximum atomic E-state index is 5.61. The van der Waals surface area contributed by atoms with Crippen LogP contribution in [0.1, 0.15) is 46.5 Å². The van der Waals surface area contributed by atoms with Crippen LogP contribution in [0.15, 0.2) is 0 Å². The summed E-state index contributed by atoms with van der Waals surface area (Å²) in [6, 6.07) is 1.35. The quantitative estimate of drug-likeness (QED) is 0.458. The van der Waals surface area contributed by atoms with E-state index in [4.69, 9.17) is 4.74 Å². The van der Waals surface area contributed by atoms with E-state index in [1.165, 1.54) is 31.7 Å². The minimum atomic E-state index is 0.0478. The van der Waals surface area contributed by atoms with Gasteiger partial charge >= 0.3 is 0 Å². The summed E-state index contributed by atoms with van der Waals surface area (Å²) < 4.78 is 5.61. The average Bonchev–Trinajstić information content (AvgIpc) is 1.94. The minimum Gasteiger partial charge on any atom is -0.376 e. The Morgan fingerprint density at radius 3 is 2.08 bits per heavy atom. The molecule has 0 heterocycles. The number of hydrogen-bond acceptors (Lipinski definition) is 1. The Morgan fingerprint density at radius 2 is 1.58 bits per heavy atom. The summed E-state index contributed by atoms with van der Waals surface area (Å²) in [6.45, 7) is 7.26. The van der Waals surface area contributed by atoms with Gasteiger partial charge < -0.3 is 4.74 Å². The summed E-state index contributed by atoms with van der Waals surface area (Å²) in [6.07, 6.45) is 5.31. The number of hydrogen-bond donors (Lipinski definition) is 0. The molecule has 0 bridgehead atoms. The van der Waals surface area contributed by atoms with Gasteiger partial charge in [0.15, 0.2) is 0 Å². The Bertz CT molecular complexity index is 96.5. The molecule has 0 aliphatic rings. The zero-order chi connectivity index (χ0) is 9.45. The third-order valence-electron chi connectivity index (χ3n) is 1.68. The van der Waals surface area contributed by atoms with Crippen LogP contribution in [-0.4, -0.2) is 22.5 Å². The second-order valence-electron chi connectivity index (χ2n) is 4.23. The summed E-state index contributed by atoms with van der Waals surface area (Å²) in [7, 11) is 2.07. The van der Waals surface area contributed by atoms with Gasteiger partial charge in [-0.1, -0.05) is 25.3 Å². The van der Waals surface area contributed by atoms with E-state index in [1.54, 1.807) is 0 Å². The first-order valence-electron chi connectivity index (χ1n) is 4.99. The largest absolute Gasteiger partial charge is 0.376 e. The molecule has 12 heavy (non-hydrogen) atoms. The molecule has 0 spiro atoms. The second-order valence-corrected chi connectivity index (χ2v) is 4.94. The number of ether oxygens (including phenoxy) is 1. The van der Waals surface area contributed by atoms with E-state index >= 15 is 0 Å².